The summed E-state index contributed by atoms with van der Waals surface area (Å²) < 4.78 is 26.2. The summed E-state index contributed by atoms with van der Waals surface area (Å²) in [4.78, 5) is 13.6. The van der Waals surface area contributed by atoms with E-state index in [2.05, 4.69) is 16.3 Å². The van der Waals surface area contributed by atoms with Gasteiger partial charge in [0.1, 0.15) is 5.38 Å². The smallest absolute Gasteiger partial charge is 0.237 e. The van der Waals surface area contributed by atoms with E-state index in [9.17, 15) is 13.2 Å². The first-order valence-electron chi connectivity index (χ1n) is 8.01. The van der Waals surface area contributed by atoms with Crippen LogP contribution in [0.25, 0.3) is 0 Å². The van der Waals surface area contributed by atoms with Crippen molar-refractivity contribution in [3.63, 3.8) is 0 Å². The summed E-state index contributed by atoms with van der Waals surface area (Å²) >= 11 is 5.63. The Morgan fingerprint density at radius 1 is 1.29 bits per heavy atom. The Bertz CT molecular complexity index is 671. The number of hydrogen-bond donors (Lipinski definition) is 1. The number of alkyl halides is 1. The lowest BCUT2D eigenvalue weighted by molar-refractivity contribution is -0.120. The molecule has 1 aromatic rings. The fourth-order valence-corrected chi connectivity index (χ4v) is 4.04. The number of sulfonamides is 1. The predicted molar refractivity (Wildman–Crippen MR) is 97.1 cm³/mol. The maximum absolute atomic E-state index is 12.4. The summed E-state index contributed by atoms with van der Waals surface area (Å²) in [5, 5.41) is 1.87. The van der Waals surface area contributed by atoms with Gasteiger partial charge in [0.15, 0.2) is 0 Å². The number of hydrogen-bond acceptors (Lipinski definition) is 4. The molecule has 0 aromatic heterocycles. The first-order valence-corrected chi connectivity index (χ1v) is 10.1. The van der Waals surface area contributed by atoms with Crippen LogP contribution in [-0.2, 0) is 14.8 Å². The molecule has 0 saturated carbocycles. The summed E-state index contributed by atoms with van der Waals surface area (Å²) in [6.07, 6.45) is 0. The van der Waals surface area contributed by atoms with Crippen LogP contribution >= 0.6 is 11.6 Å². The molecular formula is C16H24ClN3O3S. The zero-order valence-electron chi connectivity index (χ0n) is 14.0. The molecular weight excluding hydrogens is 350 g/mol. The maximum Gasteiger partial charge on any atom is 0.237 e. The van der Waals surface area contributed by atoms with Gasteiger partial charge < -0.3 is 10.2 Å². The number of nitrogens with zero attached hydrogens (tertiary/aromatic N) is 2. The number of aryl methyl sites for hydroxylation is 1. The Kier molecular flexibility index (Phi) is 6.48. The Morgan fingerprint density at radius 2 is 1.96 bits per heavy atom. The monoisotopic (exact) mass is 373 g/mol. The first-order chi connectivity index (χ1) is 11.3. The van der Waals surface area contributed by atoms with Gasteiger partial charge in [0.2, 0.25) is 15.9 Å². The third-order valence-electron chi connectivity index (χ3n) is 4.02. The molecule has 8 heteroatoms. The molecule has 0 bridgehead atoms. The molecule has 134 valence electrons. The van der Waals surface area contributed by atoms with Crippen molar-refractivity contribution < 1.29 is 13.2 Å². The molecule has 0 aliphatic carbocycles. The van der Waals surface area contributed by atoms with Gasteiger partial charge in [-0.2, -0.15) is 4.31 Å². The fraction of sp³-hybridized carbons (Fsp3) is 0.562. The van der Waals surface area contributed by atoms with Crippen molar-refractivity contribution in [1.82, 2.24) is 9.62 Å². The highest BCUT2D eigenvalue weighted by molar-refractivity contribution is 7.89. The van der Waals surface area contributed by atoms with Crippen LogP contribution in [0.3, 0.4) is 0 Å². The van der Waals surface area contributed by atoms with E-state index in [4.69, 9.17) is 11.6 Å². The third kappa shape index (κ3) is 5.09. The molecule has 6 nitrogen and oxygen atoms in total. The number of carbonyl (C=O) groups excluding carboxylic acids is 1. The van der Waals surface area contributed by atoms with Crippen molar-refractivity contribution in [2.24, 2.45) is 0 Å². The largest absolute Gasteiger partial charge is 0.369 e. The minimum absolute atomic E-state index is 0.0797. The van der Waals surface area contributed by atoms with Gasteiger partial charge in [-0.05, 0) is 31.5 Å². The summed E-state index contributed by atoms with van der Waals surface area (Å²) in [6, 6.07) is 8.20. The van der Waals surface area contributed by atoms with E-state index in [1.165, 1.54) is 9.87 Å². The Morgan fingerprint density at radius 3 is 2.54 bits per heavy atom. The molecule has 1 aliphatic heterocycles. The SMILES string of the molecule is Cc1cccc(N2CCN(S(=O)(=O)CCNC(=O)C(C)Cl)CC2)c1. The number of halogens is 1. The molecule has 0 spiro atoms. The second-order valence-electron chi connectivity index (χ2n) is 5.95. The van der Waals surface area contributed by atoms with E-state index >= 15 is 0 Å². The van der Waals surface area contributed by atoms with E-state index in [0.717, 1.165) is 5.69 Å². The molecule has 0 radical (unpaired) electrons. The van der Waals surface area contributed by atoms with Crippen molar-refractivity contribution in [2.75, 3.05) is 43.4 Å². The van der Waals surface area contributed by atoms with Gasteiger partial charge in [-0.25, -0.2) is 8.42 Å². The fourth-order valence-electron chi connectivity index (χ4n) is 2.62. The Balaban J connectivity index is 1.85. The lowest BCUT2D eigenvalue weighted by atomic mass is 10.2. The van der Waals surface area contributed by atoms with Gasteiger partial charge in [-0.15, -0.1) is 11.6 Å². The van der Waals surface area contributed by atoms with Crippen LogP contribution in [0.15, 0.2) is 24.3 Å². The van der Waals surface area contributed by atoms with Crippen LogP contribution in [-0.4, -0.2) is 62.5 Å². The Hall–Kier alpha value is -1.31. The Labute approximate surface area is 148 Å². The summed E-state index contributed by atoms with van der Waals surface area (Å²) in [6.45, 7) is 5.90. The van der Waals surface area contributed by atoms with Crippen molar-refractivity contribution in [3.05, 3.63) is 29.8 Å². The number of carbonyl (C=O) groups is 1. The summed E-state index contributed by atoms with van der Waals surface area (Å²) in [7, 11) is -3.37. The molecule has 24 heavy (non-hydrogen) atoms. The minimum Gasteiger partial charge on any atom is -0.369 e. The molecule has 1 saturated heterocycles. The van der Waals surface area contributed by atoms with E-state index in [1.54, 1.807) is 6.92 Å². The number of piperazine rings is 1. The van der Waals surface area contributed by atoms with Crippen molar-refractivity contribution in [1.29, 1.82) is 0 Å². The van der Waals surface area contributed by atoms with E-state index in [0.29, 0.717) is 26.2 Å². The third-order valence-corrected chi connectivity index (χ3v) is 6.09. The normalized spacial score (nSPS) is 17.5. The van der Waals surface area contributed by atoms with Gasteiger partial charge in [0.25, 0.3) is 0 Å². The highest BCUT2D eigenvalue weighted by atomic mass is 35.5. The topological polar surface area (TPSA) is 69.7 Å². The van der Waals surface area contributed by atoms with Crippen molar-refractivity contribution >= 4 is 33.2 Å². The highest BCUT2D eigenvalue weighted by Gasteiger charge is 2.27. The number of rotatable bonds is 6. The molecule has 1 aliphatic rings. The van der Waals surface area contributed by atoms with E-state index < -0.39 is 15.4 Å². The number of benzene rings is 1. The average molecular weight is 374 g/mol. The summed E-state index contributed by atoms with van der Waals surface area (Å²) in [5.74, 6) is -0.455. The predicted octanol–water partition coefficient (Wildman–Crippen LogP) is 1.19. The number of anilines is 1. The quantitative estimate of drug-likeness (QED) is 0.760. The summed E-state index contributed by atoms with van der Waals surface area (Å²) in [5.41, 5.74) is 2.31. The zero-order valence-corrected chi connectivity index (χ0v) is 15.6. The number of nitrogens with one attached hydrogen (secondary N) is 1. The van der Waals surface area contributed by atoms with Crippen molar-refractivity contribution in [3.8, 4) is 0 Å². The second kappa shape index (κ2) is 8.18. The lowest BCUT2D eigenvalue weighted by Crippen LogP contribution is -2.50. The molecule has 1 heterocycles. The first kappa shape index (κ1) is 19.0. The van der Waals surface area contributed by atoms with E-state index in [1.807, 2.05) is 25.1 Å². The molecule has 1 aromatic carbocycles. The minimum atomic E-state index is -3.37. The molecule has 1 fully saturated rings. The zero-order chi connectivity index (χ0) is 17.7. The molecule has 1 unspecified atom stereocenters. The highest BCUT2D eigenvalue weighted by Crippen LogP contribution is 2.18. The second-order valence-corrected chi connectivity index (χ2v) is 8.69. The van der Waals surface area contributed by atoms with Gasteiger partial charge in [0, 0.05) is 38.4 Å². The van der Waals surface area contributed by atoms with Crippen LogP contribution in [0.2, 0.25) is 0 Å². The van der Waals surface area contributed by atoms with Gasteiger partial charge >= 0.3 is 0 Å². The molecule has 1 N–H and O–H groups in total. The number of amides is 1. The maximum atomic E-state index is 12.4. The van der Waals surface area contributed by atoms with Crippen LogP contribution in [0.4, 0.5) is 5.69 Å². The van der Waals surface area contributed by atoms with Gasteiger partial charge in [-0.1, -0.05) is 12.1 Å². The van der Waals surface area contributed by atoms with Crippen molar-refractivity contribution in [2.45, 2.75) is 19.2 Å². The van der Waals surface area contributed by atoms with E-state index in [-0.39, 0.29) is 18.2 Å². The van der Waals surface area contributed by atoms with Crippen LogP contribution < -0.4 is 10.2 Å². The average Bonchev–Trinajstić information content (AvgIpc) is 2.54. The van der Waals surface area contributed by atoms with Gasteiger partial charge in [0.05, 0.1) is 5.75 Å². The standard InChI is InChI=1S/C16H24ClN3O3S/c1-13-4-3-5-15(12-13)19-7-9-20(10-8-19)24(22,23)11-6-18-16(21)14(2)17/h3-5,12,14H,6-11H2,1-2H3,(H,18,21). The molecule has 1 amide bonds. The van der Waals surface area contributed by atoms with Crippen LogP contribution in [0.1, 0.15) is 12.5 Å². The van der Waals surface area contributed by atoms with Gasteiger partial charge in [-0.3, -0.25) is 4.79 Å². The molecule has 2 rings (SSSR count). The lowest BCUT2D eigenvalue weighted by Gasteiger charge is -2.35. The van der Waals surface area contributed by atoms with Crippen LogP contribution in [0.5, 0.6) is 0 Å². The van der Waals surface area contributed by atoms with Crippen LogP contribution in [0, 0.1) is 6.92 Å². The molecule has 1 atom stereocenters.